The van der Waals surface area contributed by atoms with E-state index in [-0.39, 0.29) is 12.2 Å². The lowest BCUT2D eigenvalue weighted by Crippen LogP contribution is -2.54. The van der Waals surface area contributed by atoms with E-state index in [1.165, 1.54) is 44.9 Å². The fraction of sp³-hybridized carbons (Fsp3) is 1.00. The first-order valence-corrected chi connectivity index (χ1v) is 13.0. The predicted molar refractivity (Wildman–Crippen MR) is 122 cm³/mol. The van der Waals surface area contributed by atoms with E-state index >= 15 is 0 Å². The highest BCUT2D eigenvalue weighted by Crippen LogP contribution is 2.68. The molecule has 3 N–H and O–H groups in total. The van der Waals surface area contributed by atoms with Crippen LogP contribution >= 0.6 is 0 Å². The summed E-state index contributed by atoms with van der Waals surface area (Å²) in [4.78, 5) is 0. The molecule has 0 aromatic carbocycles. The van der Waals surface area contributed by atoms with Crippen molar-refractivity contribution in [3.05, 3.63) is 0 Å². The SMILES string of the molecule is CC(C(O)CCC(C)(C)O)C1CCC2C3CCC4CC(O)CCC4(C)C3CCC12C. The molecular formula is C27H48O3. The maximum atomic E-state index is 11.0. The summed E-state index contributed by atoms with van der Waals surface area (Å²) < 4.78 is 0. The molecule has 0 amide bonds. The number of rotatable bonds is 5. The number of aliphatic hydroxyl groups is 3. The Bertz CT molecular complexity index is 612. The zero-order chi connectivity index (χ0) is 21.9. The highest BCUT2D eigenvalue weighted by atomic mass is 16.3. The van der Waals surface area contributed by atoms with Gasteiger partial charge in [-0.3, -0.25) is 0 Å². The van der Waals surface area contributed by atoms with E-state index in [1.54, 1.807) is 0 Å². The third kappa shape index (κ3) is 3.90. The number of hydrogen-bond acceptors (Lipinski definition) is 3. The topological polar surface area (TPSA) is 60.7 Å². The molecule has 30 heavy (non-hydrogen) atoms. The van der Waals surface area contributed by atoms with Crippen molar-refractivity contribution in [2.45, 2.75) is 123 Å². The lowest BCUT2D eigenvalue weighted by Gasteiger charge is -2.61. The lowest BCUT2D eigenvalue weighted by atomic mass is 9.44. The highest BCUT2D eigenvalue weighted by molar-refractivity contribution is 5.10. The normalized spacial score (nSPS) is 48.4. The molecule has 0 aliphatic heterocycles. The zero-order valence-corrected chi connectivity index (χ0v) is 20.2. The molecule has 0 bridgehead atoms. The minimum absolute atomic E-state index is 0.0597. The van der Waals surface area contributed by atoms with Crippen molar-refractivity contribution in [1.29, 1.82) is 0 Å². The molecule has 3 nitrogen and oxygen atoms in total. The van der Waals surface area contributed by atoms with Gasteiger partial charge in [0.15, 0.2) is 0 Å². The molecule has 4 saturated carbocycles. The summed E-state index contributed by atoms with van der Waals surface area (Å²) in [5.74, 6) is 4.16. The summed E-state index contributed by atoms with van der Waals surface area (Å²) >= 11 is 0. The third-order valence-electron chi connectivity index (χ3n) is 11.0. The summed E-state index contributed by atoms with van der Waals surface area (Å²) in [6, 6.07) is 0. The van der Waals surface area contributed by atoms with E-state index in [1.807, 2.05) is 13.8 Å². The molecule has 0 radical (unpaired) electrons. The summed E-state index contributed by atoms with van der Waals surface area (Å²) in [7, 11) is 0. The Morgan fingerprint density at radius 2 is 1.60 bits per heavy atom. The van der Waals surface area contributed by atoms with E-state index in [0.29, 0.717) is 35.5 Å². The van der Waals surface area contributed by atoms with Crippen LogP contribution in [0.1, 0.15) is 105 Å². The molecule has 0 spiro atoms. The van der Waals surface area contributed by atoms with Crippen LogP contribution in [0.5, 0.6) is 0 Å². The van der Waals surface area contributed by atoms with Gasteiger partial charge in [-0.2, -0.15) is 0 Å². The van der Waals surface area contributed by atoms with Gasteiger partial charge in [0.05, 0.1) is 17.8 Å². The molecule has 0 heterocycles. The molecule has 0 aromatic rings. The number of fused-ring (bicyclic) bond motifs is 5. The van der Waals surface area contributed by atoms with E-state index in [2.05, 4.69) is 20.8 Å². The fourth-order valence-corrected chi connectivity index (χ4v) is 9.17. The van der Waals surface area contributed by atoms with Gasteiger partial charge in [-0.15, -0.1) is 0 Å². The molecular weight excluding hydrogens is 372 g/mol. The second kappa shape index (κ2) is 8.03. The predicted octanol–water partition coefficient (Wildman–Crippen LogP) is 5.55. The van der Waals surface area contributed by atoms with Gasteiger partial charge < -0.3 is 15.3 Å². The largest absolute Gasteiger partial charge is 0.393 e. The smallest absolute Gasteiger partial charge is 0.0592 e. The molecule has 174 valence electrons. The fourth-order valence-electron chi connectivity index (χ4n) is 9.17. The van der Waals surface area contributed by atoms with Gasteiger partial charge in [0, 0.05) is 0 Å². The van der Waals surface area contributed by atoms with Gasteiger partial charge in [0.1, 0.15) is 0 Å². The Kier molecular flexibility index (Phi) is 6.17. The number of hydrogen-bond donors (Lipinski definition) is 3. The van der Waals surface area contributed by atoms with Crippen molar-refractivity contribution < 1.29 is 15.3 Å². The van der Waals surface area contributed by atoms with Gasteiger partial charge in [0.25, 0.3) is 0 Å². The summed E-state index contributed by atoms with van der Waals surface area (Å²) in [6.45, 7) is 11.1. The van der Waals surface area contributed by atoms with E-state index < -0.39 is 5.60 Å². The minimum atomic E-state index is -0.692. The summed E-state index contributed by atoms with van der Waals surface area (Å²) in [5, 5.41) is 31.3. The Hall–Kier alpha value is -0.120. The molecule has 10 atom stereocenters. The van der Waals surface area contributed by atoms with Crippen LogP contribution in [0.4, 0.5) is 0 Å². The molecule has 4 rings (SSSR count). The van der Waals surface area contributed by atoms with Crippen LogP contribution in [0.15, 0.2) is 0 Å². The van der Waals surface area contributed by atoms with Crippen molar-refractivity contribution in [2.75, 3.05) is 0 Å². The van der Waals surface area contributed by atoms with E-state index in [0.717, 1.165) is 36.5 Å². The molecule has 4 aliphatic rings. The van der Waals surface area contributed by atoms with Crippen LogP contribution in [0.2, 0.25) is 0 Å². The molecule has 0 aromatic heterocycles. The number of aliphatic hydroxyl groups excluding tert-OH is 2. The van der Waals surface area contributed by atoms with Crippen LogP contribution in [0.25, 0.3) is 0 Å². The maximum absolute atomic E-state index is 11.0. The molecule has 3 heteroatoms. The van der Waals surface area contributed by atoms with Gasteiger partial charge >= 0.3 is 0 Å². The van der Waals surface area contributed by atoms with Crippen LogP contribution in [0.3, 0.4) is 0 Å². The van der Waals surface area contributed by atoms with Crippen molar-refractivity contribution in [3.8, 4) is 0 Å². The first-order chi connectivity index (χ1) is 14.0. The van der Waals surface area contributed by atoms with Gasteiger partial charge in [0.2, 0.25) is 0 Å². The van der Waals surface area contributed by atoms with Crippen LogP contribution < -0.4 is 0 Å². The highest BCUT2D eigenvalue weighted by Gasteiger charge is 2.60. The Morgan fingerprint density at radius 3 is 2.30 bits per heavy atom. The van der Waals surface area contributed by atoms with E-state index in [9.17, 15) is 15.3 Å². The Morgan fingerprint density at radius 1 is 0.933 bits per heavy atom. The average Bonchev–Trinajstić information content (AvgIpc) is 3.02. The van der Waals surface area contributed by atoms with Gasteiger partial charge in [-0.25, -0.2) is 0 Å². The summed E-state index contributed by atoms with van der Waals surface area (Å²) in [6.07, 6.45) is 12.2. The van der Waals surface area contributed by atoms with Crippen LogP contribution in [0, 0.1) is 46.3 Å². The second-order valence-corrected chi connectivity index (χ2v) is 13.1. The molecule has 4 fully saturated rings. The first kappa shape index (κ1) is 23.1. The molecule has 0 saturated heterocycles. The van der Waals surface area contributed by atoms with Gasteiger partial charge in [-0.1, -0.05) is 20.8 Å². The third-order valence-corrected chi connectivity index (χ3v) is 11.0. The van der Waals surface area contributed by atoms with Crippen molar-refractivity contribution in [2.24, 2.45) is 46.3 Å². The Balaban J connectivity index is 1.47. The second-order valence-electron chi connectivity index (χ2n) is 13.1. The van der Waals surface area contributed by atoms with Crippen molar-refractivity contribution in [3.63, 3.8) is 0 Å². The standard InChI is InChI=1S/C27H48O3/c1-17(24(29)12-13-25(2,3)30)21-8-9-22-20-7-6-18-16-19(28)10-14-26(18,4)23(20)11-15-27(21,22)5/h17-24,28-30H,6-16H2,1-5H3. The van der Waals surface area contributed by atoms with Crippen molar-refractivity contribution >= 4 is 0 Å². The van der Waals surface area contributed by atoms with E-state index in [4.69, 9.17) is 0 Å². The molecule has 4 aliphatic carbocycles. The monoisotopic (exact) mass is 420 g/mol. The minimum Gasteiger partial charge on any atom is -0.393 e. The quantitative estimate of drug-likeness (QED) is 0.546. The average molecular weight is 421 g/mol. The first-order valence-electron chi connectivity index (χ1n) is 13.0. The zero-order valence-electron chi connectivity index (χ0n) is 20.2. The van der Waals surface area contributed by atoms with Gasteiger partial charge in [-0.05, 0) is 131 Å². The molecule has 10 unspecified atom stereocenters. The summed E-state index contributed by atoms with van der Waals surface area (Å²) in [5.41, 5.74) is 0.121. The maximum Gasteiger partial charge on any atom is 0.0592 e. The Labute approximate surface area is 185 Å². The lowest BCUT2D eigenvalue weighted by molar-refractivity contribution is -0.132. The van der Waals surface area contributed by atoms with Crippen molar-refractivity contribution in [1.82, 2.24) is 0 Å². The van der Waals surface area contributed by atoms with Crippen LogP contribution in [-0.4, -0.2) is 33.1 Å². The van der Waals surface area contributed by atoms with Crippen LogP contribution in [-0.2, 0) is 0 Å².